The lowest BCUT2D eigenvalue weighted by Gasteiger charge is -2.24. The molecule has 0 saturated carbocycles. The maximum absolute atomic E-state index is 12.2. The van der Waals surface area contributed by atoms with Gasteiger partial charge in [-0.3, -0.25) is 4.90 Å². The first-order valence-corrected chi connectivity index (χ1v) is 9.46. The smallest absolute Gasteiger partial charge is 0.410 e. The Bertz CT molecular complexity index is 740. The molecule has 0 N–H and O–H groups in total. The molecule has 2 saturated heterocycles. The number of ether oxygens (including phenoxy) is 1. The lowest BCUT2D eigenvalue weighted by atomic mass is 10.1. The quantitative estimate of drug-likeness (QED) is 0.777. The van der Waals surface area contributed by atoms with Gasteiger partial charge in [-0.2, -0.15) is 17.0 Å². The van der Waals surface area contributed by atoms with Crippen LogP contribution in [0.5, 0.6) is 0 Å². The van der Waals surface area contributed by atoms with Crippen LogP contribution >= 0.6 is 11.6 Å². The first kappa shape index (κ1) is 17.5. The lowest BCUT2D eigenvalue weighted by Crippen LogP contribution is -2.43. The number of amides is 1. The topological polar surface area (TPSA) is 70.2 Å². The molecule has 0 aliphatic carbocycles. The Labute approximate surface area is 146 Å². The van der Waals surface area contributed by atoms with Crippen LogP contribution in [0.2, 0.25) is 5.02 Å². The summed E-state index contributed by atoms with van der Waals surface area (Å²) in [4.78, 5) is 13.7. The molecule has 1 aromatic rings. The van der Waals surface area contributed by atoms with E-state index in [1.54, 1.807) is 11.0 Å². The summed E-state index contributed by atoms with van der Waals surface area (Å²) in [7, 11) is -0.516. The monoisotopic (exact) mass is 373 g/mol. The van der Waals surface area contributed by atoms with Gasteiger partial charge in [0, 0.05) is 32.2 Å². The van der Waals surface area contributed by atoms with E-state index in [2.05, 4.69) is 0 Å². The van der Waals surface area contributed by atoms with Gasteiger partial charge in [-0.1, -0.05) is 23.7 Å². The van der Waals surface area contributed by atoms with Crippen LogP contribution in [0.15, 0.2) is 24.3 Å². The Morgan fingerprint density at radius 3 is 2.75 bits per heavy atom. The summed E-state index contributed by atoms with van der Waals surface area (Å²) in [5, 5.41) is 0.651. The Morgan fingerprint density at radius 1 is 1.33 bits per heavy atom. The van der Waals surface area contributed by atoms with Gasteiger partial charge in [-0.25, -0.2) is 4.79 Å². The highest BCUT2D eigenvalue weighted by atomic mass is 35.5. The predicted molar refractivity (Wildman–Crippen MR) is 90.1 cm³/mol. The van der Waals surface area contributed by atoms with Crippen LogP contribution in [0.3, 0.4) is 0 Å². The number of nitrogens with zero attached hydrogens (tertiary/aromatic N) is 3. The first-order chi connectivity index (χ1) is 11.3. The Hall–Kier alpha value is -1.35. The van der Waals surface area contributed by atoms with Crippen molar-refractivity contribution in [1.82, 2.24) is 13.5 Å². The Balaban J connectivity index is 1.68. The summed E-state index contributed by atoms with van der Waals surface area (Å²) in [6, 6.07) is 7.22. The summed E-state index contributed by atoms with van der Waals surface area (Å²) in [5.74, 6) is 0. The molecule has 2 fully saturated rings. The molecule has 0 aromatic heterocycles. The van der Waals surface area contributed by atoms with Crippen LogP contribution < -0.4 is 0 Å². The maximum atomic E-state index is 12.2. The normalized spacial score (nSPS) is 24.5. The molecule has 0 radical (unpaired) electrons. The van der Waals surface area contributed by atoms with E-state index in [0.717, 1.165) is 5.56 Å². The molecular weight excluding hydrogens is 354 g/mol. The average Bonchev–Trinajstić information content (AvgIpc) is 3.03. The van der Waals surface area contributed by atoms with E-state index >= 15 is 0 Å². The van der Waals surface area contributed by atoms with Crippen LogP contribution in [0, 0.1) is 0 Å². The minimum absolute atomic E-state index is 0.199. The van der Waals surface area contributed by atoms with Crippen LogP contribution in [-0.2, 0) is 21.4 Å². The van der Waals surface area contributed by atoms with E-state index in [0.29, 0.717) is 18.0 Å². The predicted octanol–water partition coefficient (Wildman–Crippen LogP) is 1.19. The van der Waals surface area contributed by atoms with Gasteiger partial charge in [-0.05, 0) is 24.1 Å². The van der Waals surface area contributed by atoms with Crippen molar-refractivity contribution in [3.05, 3.63) is 34.9 Å². The summed E-state index contributed by atoms with van der Waals surface area (Å²) in [5.41, 5.74) is 1.02. The van der Waals surface area contributed by atoms with E-state index in [4.69, 9.17) is 16.3 Å². The van der Waals surface area contributed by atoms with Crippen LogP contribution in [0.25, 0.3) is 0 Å². The van der Waals surface area contributed by atoms with Crippen molar-refractivity contribution in [1.29, 1.82) is 0 Å². The number of halogens is 1. The van der Waals surface area contributed by atoms with E-state index < -0.39 is 16.3 Å². The molecule has 24 heavy (non-hydrogen) atoms. The highest BCUT2D eigenvalue weighted by Crippen LogP contribution is 2.29. The Kier molecular flexibility index (Phi) is 4.74. The molecule has 2 aliphatic rings. The molecule has 3 rings (SSSR count). The van der Waals surface area contributed by atoms with E-state index in [1.165, 1.54) is 22.7 Å². The van der Waals surface area contributed by atoms with Crippen molar-refractivity contribution in [2.24, 2.45) is 0 Å². The standard InChI is InChI=1S/C15H20ClN3O4S/c1-17(2)24(21,22)18-9-13-14(10-18)23-15(20)19(13)7-6-11-4-3-5-12(16)8-11/h3-5,8,13-14H,6-7,9-10H2,1-2H3/t13-,14+/m1/s1. The molecule has 2 heterocycles. The summed E-state index contributed by atoms with van der Waals surface area (Å²) in [6.07, 6.45) is -0.153. The number of benzene rings is 1. The number of carbonyl (C=O) groups excluding carboxylic acids is 1. The zero-order valence-electron chi connectivity index (χ0n) is 13.6. The van der Waals surface area contributed by atoms with Crippen LogP contribution in [-0.4, -0.2) is 73.9 Å². The fraction of sp³-hybridized carbons (Fsp3) is 0.533. The summed E-state index contributed by atoms with van der Waals surface area (Å²) in [6.45, 7) is 0.924. The SMILES string of the molecule is CN(C)S(=O)(=O)N1C[C@@H]2OC(=O)N(CCc3cccc(Cl)c3)[C@@H]2C1. The van der Waals surface area contributed by atoms with Crippen molar-refractivity contribution in [2.75, 3.05) is 33.7 Å². The lowest BCUT2D eigenvalue weighted by molar-refractivity contribution is 0.129. The van der Waals surface area contributed by atoms with E-state index in [-0.39, 0.29) is 25.2 Å². The van der Waals surface area contributed by atoms with Crippen LogP contribution in [0.1, 0.15) is 5.56 Å². The number of rotatable bonds is 5. The fourth-order valence-corrected chi connectivity index (χ4v) is 4.44. The molecular formula is C15H20ClN3O4S. The highest BCUT2D eigenvalue weighted by Gasteiger charge is 2.50. The number of hydrogen-bond acceptors (Lipinski definition) is 4. The third kappa shape index (κ3) is 3.23. The van der Waals surface area contributed by atoms with E-state index in [9.17, 15) is 13.2 Å². The third-order valence-electron chi connectivity index (χ3n) is 4.41. The molecule has 132 valence electrons. The highest BCUT2D eigenvalue weighted by molar-refractivity contribution is 7.86. The van der Waals surface area contributed by atoms with Crippen LogP contribution in [0.4, 0.5) is 4.79 Å². The third-order valence-corrected chi connectivity index (χ3v) is 6.52. The zero-order valence-corrected chi connectivity index (χ0v) is 15.1. The second-order valence-electron chi connectivity index (χ2n) is 6.17. The molecule has 1 amide bonds. The van der Waals surface area contributed by atoms with Gasteiger partial charge in [-0.15, -0.1) is 0 Å². The van der Waals surface area contributed by atoms with Gasteiger partial charge >= 0.3 is 6.09 Å². The number of hydrogen-bond donors (Lipinski definition) is 0. The molecule has 2 aliphatic heterocycles. The second-order valence-corrected chi connectivity index (χ2v) is 8.75. The molecule has 2 atom stereocenters. The van der Waals surface area contributed by atoms with Crippen molar-refractivity contribution < 1.29 is 17.9 Å². The first-order valence-electron chi connectivity index (χ1n) is 7.68. The molecule has 0 bridgehead atoms. The Morgan fingerprint density at radius 2 is 2.08 bits per heavy atom. The van der Waals surface area contributed by atoms with Crippen molar-refractivity contribution in [3.63, 3.8) is 0 Å². The molecule has 0 unspecified atom stereocenters. The molecule has 1 aromatic carbocycles. The van der Waals surface area contributed by atoms with Gasteiger partial charge in [0.25, 0.3) is 10.2 Å². The molecule has 0 spiro atoms. The van der Waals surface area contributed by atoms with Crippen molar-refractivity contribution in [2.45, 2.75) is 18.6 Å². The van der Waals surface area contributed by atoms with Gasteiger partial charge in [0.1, 0.15) is 6.10 Å². The largest absolute Gasteiger partial charge is 0.442 e. The van der Waals surface area contributed by atoms with E-state index in [1.807, 2.05) is 18.2 Å². The minimum atomic E-state index is -3.50. The molecule has 7 nitrogen and oxygen atoms in total. The summed E-state index contributed by atoms with van der Waals surface area (Å²) < 4.78 is 32.4. The minimum Gasteiger partial charge on any atom is -0.442 e. The van der Waals surface area contributed by atoms with Gasteiger partial charge in [0.15, 0.2) is 0 Å². The maximum Gasteiger partial charge on any atom is 0.410 e. The van der Waals surface area contributed by atoms with Gasteiger partial charge in [0.2, 0.25) is 0 Å². The van der Waals surface area contributed by atoms with Crippen molar-refractivity contribution >= 4 is 27.9 Å². The molecule has 9 heteroatoms. The second kappa shape index (κ2) is 6.51. The van der Waals surface area contributed by atoms with Gasteiger partial charge < -0.3 is 4.74 Å². The number of carbonyl (C=O) groups is 1. The van der Waals surface area contributed by atoms with Crippen molar-refractivity contribution in [3.8, 4) is 0 Å². The van der Waals surface area contributed by atoms with Gasteiger partial charge in [0.05, 0.1) is 12.6 Å². The fourth-order valence-electron chi connectivity index (χ4n) is 3.09. The zero-order chi connectivity index (χ0) is 17.5. The summed E-state index contributed by atoms with van der Waals surface area (Å²) >= 11 is 5.97. The number of fused-ring (bicyclic) bond motifs is 1. The average molecular weight is 374 g/mol.